The van der Waals surface area contributed by atoms with Crippen LogP contribution in [0, 0.1) is 0 Å². The molecule has 7 heteroatoms. The summed E-state index contributed by atoms with van der Waals surface area (Å²) in [5.41, 5.74) is -0.276. The number of carboxylic acid groups (broad SMARTS) is 1. The van der Waals surface area contributed by atoms with E-state index in [0.29, 0.717) is 0 Å². The first kappa shape index (κ1) is 13.6. The summed E-state index contributed by atoms with van der Waals surface area (Å²) in [4.78, 5) is 26.9. The standard InChI is InChI=1S/C14H11ClN2O4/c15-10-7-8(14(19)20)1-4-11(10)21-12-13(18)17(6-5-16-12)9-2-3-9/h1,4-7,9H,2-3H2,(H,19,20). The lowest BCUT2D eigenvalue weighted by Gasteiger charge is -2.08. The first-order valence-corrected chi connectivity index (χ1v) is 6.72. The van der Waals surface area contributed by atoms with Crippen LogP contribution in [-0.4, -0.2) is 20.6 Å². The molecule has 0 radical (unpaired) electrons. The number of benzene rings is 1. The maximum absolute atomic E-state index is 12.2. The van der Waals surface area contributed by atoms with Gasteiger partial charge in [0.25, 0.3) is 5.88 Å². The van der Waals surface area contributed by atoms with E-state index >= 15 is 0 Å². The summed E-state index contributed by atoms with van der Waals surface area (Å²) in [6.45, 7) is 0. The number of carbonyl (C=O) groups is 1. The molecular weight excluding hydrogens is 296 g/mol. The summed E-state index contributed by atoms with van der Waals surface area (Å²) in [5, 5.41) is 8.98. The van der Waals surface area contributed by atoms with E-state index in [0.717, 1.165) is 12.8 Å². The Labute approximate surface area is 124 Å². The highest BCUT2D eigenvalue weighted by atomic mass is 35.5. The maximum atomic E-state index is 12.2. The molecule has 2 aromatic rings. The molecule has 1 aliphatic carbocycles. The highest BCUT2D eigenvalue weighted by Crippen LogP contribution is 2.34. The van der Waals surface area contributed by atoms with Crippen LogP contribution < -0.4 is 10.3 Å². The van der Waals surface area contributed by atoms with E-state index in [2.05, 4.69) is 4.98 Å². The van der Waals surface area contributed by atoms with Crippen LogP contribution >= 0.6 is 11.6 Å². The SMILES string of the molecule is O=C(O)c1ccc(Oc2nccn(C3CC3)c2=O)c(Cl)c1. The molecule has 1 N–H and O–H groups in total. The Morgan fingerprint density at radius 3 is 2.81 bits per heavy atom. The third-order valence-electron chi connectivity index (χ3n) is 3.16. The fourth-order valence-electron chi connectivity index (χ4n) is 1.94. The van der Waals surface area contributed by atoms with E-state index in [1.807, 2.05) is 0 Å². The first-order valence-electron chi connectivity index (χ1n) is 6.34. The second-order valence-electron chi connectivity index (χ2n) is 4.73. The minimum atomic E-state index is -1.09. The predicted octanol–water partition coefficient (Wildman–Crippen LogP) is 2.72. The summed E-state index contributed by atoms with van der Waals surface area (Å²) in [6.07, 6.45) is 5.06. The van der Waals surface area contributed by atoms with E-state index in [4.69, 9.17) is 21.4 Å². The van der Waals surface area contributed by atoms with Gasteiger partial charge in [0.1, 0.15) is 5.75 Å². The molecule has 3 rings (SSSR count). The van der Waals surface area contributed by atoms with Crippen molar-refractivity contribution in [2.24, 2.45) is 0 Å². The monoisotopic (exact) mass is 306 g/mol. The molecule has 6 nitrogen and oxygen atoms in total. The van der Waals surface area contributed by atoms with Crippen LogP contribution in [0.4, 0.5) is 0 Å². The number of aromatic carboxylic acids is 1. The molecule has 108 valence electrons. The Kier molecular flexibility index (Phi) is 3.39. The molecule has 0 bridgehead atoms. The maximum Gasteiger partial charge on any atom is 0.335 e. The third-order valence-corrected chi connectivity index (χ3v) is 3.46. The van der Waals surface area contributed by atoms with E-state index in [1.165, 1.54) is 24.4 Å². The fraction of sp³-hybridized carbons (Fsp3) is 0.214. The van der Waals surface area contributed by atoms with Crippen LogP contribution in [0.1, 0.15) is 29.2 Å². The van der Waals surface area contributed by atoms with Crippen molar-refractivity contribution in [2.45, 2.75) is 18.9 Å². The first-order chi connectivity index (χ1) is 10.1. The van der Waals surface area contributed by atoms with Crippen LogP contribution in [0.25, 0.3) is 0 Å². The molecule has 1 aromatic heterocycles. The van der Waals surface area contributed by atoms with Gasteiger partial charge in [-0.05, 0) is 31.0 Å². The quantitative estimate of drug-likeness (QED) is 0.939. The van der Waals surface area contributed by atoms with Crippen molar-refractivity contribution in [3.05, 3.63) is 51.5 Å². The molecule has 0 amide bonds. The third kappa shape index (κ3) is 2.75. The average molecular weight is 307 g/mol. The molecule has 0 atom stereocenters. The summed E-state index contributed by atoms with van der Waals surface area (Å²) < 4.78 is 7.01. The number of halogens is 1. The van der Waals surface area contributed by atoms with Crippen molar-refractivity contribution in [3.63, 3.8) is 0 Å². The van der Waals surface area contributed by atoms with Gasteiger partial charge < -0.3 is 14.4 Å². The van der Waals surface area contributed by atoms with Gasteiger partial charge in [-0.1, -0.05) is 11.6 Å². The Morgan fingerprint density at radius 2 is 2.19 bits per heavy atom. The molecule has 1 fully saturated rings. The molecule has 1 heterocycles. The van der Waals surface area contributed by atoms with Crippen molar-refractivity contribution in [3.8, 4) is 11.6 Å². The largest absolute Gasteiger partial charge is 0.478 e. The number of ether oxygens (including phenoxy) is 1. The predicted molar refractivity (Wildman–Crippen MR) is 75.3 cm³/mol. The molecule has 21 heavy (non-hydrogen) atoms. The minimum absolute atomic E-state index is 0.0452. The van der Waals surface area contributed by atoms with Crippen molar-refractivity contribution in [2.75, 3.05) is 0 Å². The zero-order valence-corrected chi connectivity index (χ0v) is 11.6. The highest BCUT2D eigenvalue weighted by Gasteiger charge is 2.25. The number of nitrogens with zero attached hydrogens (tertiary/aromatic N) is 2. The normalized spacial score (nSPS) is 14.0. The Morgan fingerprint density at radius 1 is 1.43 bits per heavy atom. The molecule has 1 saturated carbocycles. The van der Waals surface area contributed by atoms with Crippen molar-refractivity contribution < 1.29 is 14.6 Å². The molecule has 0 aliphatic heterocycles. The summed E-state index contributed by atoms with van der Waals surface area (Å²) >= 11 is 5.97. The van der Waals surface area contributed by atoms with E-state index in [1.54, 1.807) is 10.8 Å². The van der Waals surface area contributed by atoms with E-state index in [-0.39, 0.29) is 33.8 Å². The van der Waals surface area contributed by atoms with E-state index in [9.17, 15) is 9.59 Å². The summed E-state index contributed by atoms with van der Waals surface area (Å²) in [6, 6.07) is 4.24. The van der Waals surface area contributed by atoms with Gasteiger partial charge in [-0.15, -0.1) is 0 Å². The summed E-state index contributed by atoms with van der Waals surface area (Å²) in [5.74, 6) is -0.966. The van der Waals surface area contributed by atoms with Crippen molar-refractivity contribution in [1.29, 1.82) is 0 Å². The van der Waals surface area contributed by atoms with Gasteiger partial charge in [-0.3, -0.25) is 4.79 Å². The molecule has 0 saturated heterocycles. The van der Waals surface area contributed by atoms with Crippen LogP contribution in [0.15, 0.2) is 35.4 Å². The van der Waals surface area contributed by atoms with Gasteiger partial charge in [0.05, 0.1) is 10.6 Å². The van der Waals surface area contributed by atoms with Crippen molar-refractivity contribution in [1.82, 2.24) is 9.55 Å². The van der Waals surface area contributed by atoms with Crippen LogP contribution in [-0.2, 0) is 0 Å². The molecule has 1 aromatic carbocycles. The molecule has 0 spiro atoms. The molecule has 1 aliphatic rings. The van der Waals surface area contributed by atoms with Crippen LogP contribution in [0.2, 0.25) is 5.02 Å². The lowest BCUT2D eigenvalue weighted by molar-refractivity contribution is 0.0697. The Bertz CT molecular complexity index is 768. The summed E-state index contributed by atoms with van der Waals surface area (Å²) in [7, 11) is 0. The van der Waals surface area contributed by atoms with Gasteiger partial charge in [-0.25, -0.2) is 9.78 Å². The Balaban J connectivity index is 1.92. The van der Waals surface area contributed by atoms with Crippen molar-refractivity contribution >= 4 is 17.6 Å². The second-order valence-corrected chi connectivity index (χ2v) is 5.14. The van der Waals surface area contributed by atoms with Crippen LogP contribution in [0.3, 0.4) is 0 Å². The average Bonchev–Trinajstić information content (AvgIpc) is 3.27. The number of rotatable bonds is 4. The van der Waals surface area contributed by atoms with Gasteiger partial charge in [0.15, 0.2) is 0 Å². The smallest absolute Gasteiger partial charge is 0.335 e. The van der Waals surface area contributed by atoms with Crippen LogP contribution in [0.5, 0.6) is 11.6 Å². The van der Waals surface area contributed by atoms with Gasteiger partial charge in [-0.2, -0.15) is 0 Å². The topological polar surface area (TPSA) is 81.4 Å². The highest BCUT2D eigenvalue weighted by molar-refractivity contribution is 6.32. The molecule has 0 unspecified atom stereocenters. The fourth-order valence-corrected chi connectivity index (χ4v) is 2.16. The minimum Gasteiger partial charge on any atom is -0.478 e. The lowest BCUT2D eigenvalue weighted by Crippen LogP contribution is -2.20. The zero-order valence-electron chi connectivity index (χ0n) is 10.8. The number of hydrogen-bond acceptors (Lipinski definition) is 4. The number of aromatic nitrogens is 2. The number of carboxylic acids is 1. The second kappa shape index (κ2) is 5.21. The Hall–Kier alpha value is -2.34. The molecular formula is C14H11ClN2O4. The van der Waals surface area contributed by atoms with Gasteiger partial charge >= 0.3 is 11.5 Å². The van der Waals surface area contributed by atoms with Gasteiger partial charge in [0.2, 0.25) is 0 Å². The number of hydrogen-bond donors (Lipinski definition) is 1. The van der Waals surface area contributed by atoms with E-state index < -0.39 is 5.97 Å². The zero-order chi connectivity index (χ0) is 15.0. The van der Waals surface area contributed by atoms with Gasteiger partial charge in [0, 0.05) is 18.4 Å². The lowest BCUT2D eigenvalue weighted by atomic mass is 10.2.